The van der Waals surface area contributed by atoms with Crippen molar-refractivity contribution in [1.82, 2.24) is 10.2 Å². The van der Waals surface area contributed by atoms with Gasteiger partial charge in [-0.15, -0.1) is 0 Å². The normalized spacial score (nSPS) is 15.2. The number of fused-ring (bicyclic) bond motifs is 1. The number of benzene rings is 3. The zero-order chi connectivity index (χ0) is 30.9. The molecule has 4 aromatic rings. The Labute approximate surface area is 247 Å². The van der Waals surface area contributed by atoms with E-state index in [0.717, 1.165) is 17.0 Å². The minimum atomic E-state index is -3.98. The summed E-state index contributed by atoms with van der Waals surface area (Å²) in [5.74, 6) is -1.11. The number of nitrogens with one attached hydrogen (secondary N) is 1. The number of rotatable bonds is 9. The van der Waals surface area contributed by atoms with Crippen LogP contribution in [0.15, 0.2) is 65.1 Å². The van der Waals surface area contributed by atoms with Gasteiger partial charge < -0.3 is 19.7 Å². The van der Waals surface area contributed by atoms with E-state index in [-0.39, 0.29) is 41.2 Å². The average Bonchev–Trinajstić information content (AvgIpc) is 3.63. The number of likely N-dealkylation sites (tertiary alicyclic amines) is 1. The Balaban J connectivity index is 1.76. The van der Waals surface area contributed by atoms with E-state index in [1.807, 2.05) is 0 Å². The Hall–Kier alpha value is -4.29. The molecule has 1 fully saturated rings. The minimum absolute atomic E-state index is 0.0921. The Morgan fingerprint density at radius 3 is 2.51 bits per heavy atom. The van der Waals surface area contributed by atoms with Crippen molar-refractivity contribution in [3.63, 3.8) is 0 Å². The van der Waals surface area contributed by atoms with Gasteiger partial charge in [0.1, 0.15) is 23.8 Å². The molecule has 0 radical (unpaired) electrons. The van der Waals surface area contributed by atoms with Crippen molar-refractivity contribution >= 4 is 38.5 Å². The molecule has 0 saturated carbocycles. The minimum Gasteiger partial charge on any atom is -0.455 e. The van der Waals surface area contributed by atoms with Crippen molar-refractivity contribution in [1.29, 1.82) is 0 Å². The monoisotopic (exact) mass is 611 g/mol. The molecule has 1 aromatic heterocycles. The summed E-state index contributed by atoms with van der Waals surface area (Å²) in [6.45, 7) is -1.10. The van der Waals surface area contributed by atoms with Gasteiger partial charge in [0, 0.05) is 41.7 Å². The third-order valence-electron chi connectivity index (χ3n) is 7.59. The first-order chi connectivity index (χ1) is 20.6. The lowest BCUT2D eigenvalue weighted by Crippen LogP contribution is -2.37. The quantitative estimate of drug-likeness (QED) is 0.286. The molecule has 0 bridgehead atoms. The maximum absolute atomic E-state index is 13.7. The zero-order valence-electron chi connectivity index (χ0n) is 23.6. The molecule has 5 rings (SSSR count). The molecular weight excluding hydrogens is 580 g/mol. The summed E-state index contributed by atoms with van der Waals surface area (Å²) in [7, 11) is -2.53. The molecule has 3 aromatic carbocycles. The van der Waals surface area contributed by atoms with Crippen LogP contribution in [0.3, 0.4) is 0 Å². The number of hydrogen-bond donors (Lipinski definition) is 2. The lowest BCUT2D eigenvalue weighted by molar-refractivity contribution is 0.0677. The van der Waals surface area contributed by atoms with Crippen LogP contribution in [0.25, 0.3) is 33.4 Å². The summed E-state index contributed by atoms with van der Waals surface area (Å²) in [6.07, 6.45) is 2.42. The van der Waals surface area contributed by atoms with Gasteiger partial charge in [0.2, 0.25) is 10.0 Å². The van der Waals surface area contributed by atoms with Gasteiger partial charge in [0.25, 0.3) is 11.8 Å². The second-order valence-corrected chi connectivity index (χ2v) is 12.2. The second-order valence-electron chi connectivity index (χ2n) is 10.3. The standard InChI is InChI=1S/C31H31F2N3O6S/c1-34-30(38)28-25-16-24(20-5-3-6-21(15-20)31(39)35-13-4-7-23(35)18-37)26(36(14-12-32)43(2,40)41)17-27(25)42-29(28)19-8-10-22(33)11-9-19/h3,5-6,8-11,15-17,23,37H,4,7,12-14,18H2,1-2H3,(H,34,38)/t23-/m1/s1. The van der Waals surface area contributed by atoms with Crippen molar-refractivity contribution in [2.24, 2.45) is 0 Å². The van der Waals surface area contributed by atoms with E-state index in [1.165, 1.54) is 37.4 Å². The molecule has 0 spiro atoms. The van der Waals surface area contributed by atoms with Crippen LogP contribution in [0, 0.1) is 5.82 Å². The Morgan fingerprint density at radius 1 is 1.12 bits per heavy atom. The van der Waals surface area contributed by atoms with Crippen LogP contribution in [0.5, 0.6) is 0 Å². The van der Waals surface area contributed by atoms with Gasteiger partial charge in [-0.1, -0.05) is 12.1 Å². The number of aliphatic hydroxyl groups excluding tert-OH is 1. The summed E-state index contributed by atoms with van der Waals surface area (Å²) in [4.78, 5) is 28.2. The maximum Gasteiger partial charge on any atom is 0.255 e. The molecule has 2 heterocycles. The van der Waals surface area contributed by atoms with Gasteiger partial charge in [-0.05, 0) is 60.9 Å². The van der Waals surface area contributed by atoms with E-state index in [0.29, 0.717) is 40.6 Å². The van der Waals surface area contributed by atoms with Crippen LogP contribution in [-0.2, 0) is 10.0 Å². The summed E-state index contributed by atoms with van der Waals surface area (Å²) in [6, 6.07) is 14.7. The van der Waals surface area contributed by atoms with Gasteiger partial charge in [-0.2, -0.15) is 0 Å². The van der Waals surface area contributed by atoms with E-state index in [1.54, 1.807) is 35.2 Å². The maximum atomic E-state index is 13.7. The number of furan rings is 1. The summed E-state index contributed by atoms with van der Waals surface area (Å²) in [5.41, 5.74) is 1.89. The number of amides is 2. The first kappa shape index (κ1) is 30.2. The topological polar surface area (TPSA) is 120 Å². The SMILES string of the molecule is CNC(=O)c1c(-c2ccc(F)cc2)oc2cc(N(CCF)S(C)(=O)=O)c(-c3cccc(C(=O)N4CCC[C@@H]4CO)c3)cc12. The largest absolute Gasteiger partial charge is 0.455 e. The third-order valence-corrected chi connectivity index (χ3v) is 8.77. The number of halogens is 2. The van der Waals surface area contributed by atoms with Crippen molar-refractivity contribution in [2.75, 3.05) is 44.0 Å². The molecule has 1 atom stereocenters. The fraction of sp³-hybridized carbons (Fsp3) is 0.290. The Morgan fingerprint density at radius 2 is 1.86 bits per heavy atom. The molecule has 0 aliphatic carbocycles. The van der Waals surface area contributed by atoms with E-state index in [4.69, 9.17) is 4.42 Å². The first-order valence-corrected chi connectivity index (χ1v) is 15.6. The van der Waals surface area contributed by atoms with Gasteiger partial charge in [0.15, 0.2) is 0 Å². The number of nitrogens with zero attached hydrogens (tertiary/aromatic N) is 2. The van der Waals surface area contributed by atoms with Crippen molar-refractivity contribution in [3.05, 3.63) is 77.6 Å². The molecule has 1 saturated heterocycles. The lowest BCUT2D eigenvalue weighted by atomic mass is 9.97. The van der Waals surface area contributed by atoms with Crippen molar-refractivity contribution < 1.29 is 36.3 Å². The summed E-state index contributed by atoms with van der Waals surface area (Å²) >= 11 is 0. The van der Waals surface area contributed by atoms with E-state index in [9.17, 15) is 31.9 Å². The van der Waals surface area contributed by atoms with Crippen LogP contribution < -0.4 is 9.62 Å². The van der Waals surface area contributed by atoms with Crippen molar-refractivity contribution in [3.8, 4) is 22.5 Å². The van der Waals surface area contributed by atoms with Crippen LogP contribution in [0.2, 0.25) is 0 Å². The van der Waals surface area contributed by atoms with E-state index < -0.39 is 35.0 Å². The van der Waals surface area contributed by atoms with E-state index in [2.05, 4.69) is 5.32 Å². The molecule has 9 nitrogen and oxygen atoms in total. The molecule has 226 valence electrons. The van der Waals surface area contributed by atoms with E-state index >= 15 is 0 Å². The molecule has 12 heteroatoms. The molecule has 2 N–H and O–H groups in total. The zero-order valence-corrected chi connectivity index (χ0v) is 24.5. The number of carbonyl (C=O) groups excluding carboxylic acids is 2. The first-order valence-electron chi connectivity index (χ1n) is 13.7. The molecule has 0 unspecified atom stereocenters. The number of hydrogen-bond acceptors (Lipinski definition) is 6. The predicted octanol–water partition coefficient (Wildman–Crippen LogP) is 4.60. The number of anilines is 1. The van der Waals surface area contributed by atoms with Crippen molar-refractivity contribution in [2.45, 2.75) is 18.9 Å². The Bertz CT molecular complexity index is 1790. The highest BCUT2D eigenvalue weighted by molar-refractivity contribution is 7.92. The van der Waals surface area contributed by atoms with Crippen LogP contribution in [0.1, 0.15) is 33.6 Å². The number of alkyl halides is 1. The highest BCUT2D eigenvalue weighted by Crippen LogP contribution is 2.42. The lowest BCUT2D eigenvalue weighted by Gasteiger charge is -2.25. The fourth-order valence-corrected chi connectivity index (χ4v) is 6.45. The fourth-order valence-electron chi connectivity index (χ4n) is 5.54. The highest BCUT2D eigenvalue weighted by atomic mass is 32.2. The predicted molar refractivity (Wildman–Crippen MR) is 160 cm³/mol. The number of carbonyl (C=O) groups is 2. The second kappa shape index (κ2) is 12.1. The average molecular weight is 612 g/mol. The van der Waals surface area contributed by atoms with Crippen LogP contribution in [-0.4, -0.2) is 76.0 Å². The molecule has 43 heavy (non-hydrogen) atoms. The van der Waals surface area contributed by atoms with Gasteiger partial charge in [-0.3, -0.25) is 13.9 Å². The number of sulfonamides is 1. The molecular formula is C31H31F2N3O6S. The van der Waals surface area contributed by atoms with Crippen LogP contribution >= 0.6 is 0 Å². The summed E-state index contributed by atoms with van der Waals surface area (Å²) < 4.78 is 60.2. The summed E-state index contributed by atoms with van der Waals surface area (Å²) in [5, 5.41) is 12.7. The Kier molecular flexibility index (Phi) is 8.52. The van der Waals surface area contributed by atoms with Gasteiger partial charge in [-0.25, -0.2) is 17.2 Å². The number of aliphatic hydroxyl groups is 1. The third kappa shape index (κ3) is 5.84. The molecule has 1 aliphatic rings. The smallest absolute Gasteiger partial charge is 0.255 e. The van der Waals surface area contributed by atoms with Gasteiger partial charge in [0.05, 0.1) is 36.7 Å². The van der Waals surface area contributed by atoms with Crippen LogP contribution in [0.4, 0.5) is 14.5 Å². The molecule has 1 aliphatic heterocycles. The van der Waals surface area contributed by atoms with Gasteiger partial charge >= 0.3 is 0 Å². The molecule has 2 amide bonds. The highest BCUT2D eigenvalue weighted by Gasteiger charge is 2.30.